The number of hydrogen-bond acceptors (Lipinski definition) is 9. The van der Waals surface area contributed by atoms with E-state index < -0.39 is 17.9 Å². The maximum atomic E-state index is 11.7. The van der Waals surface area contributed by atoms with Crippen molar-refractivity contribution in [2.45, 2.75) is 12.8 Å². The molecule has 11 N–H and O–H groups in total. The van der Waals surface area contributed by atoms with Crippen molar-refractivity contribution in [1.82, 2.24) is 9.88 Å². The van der Waals surface area contributed by atoms with Crippen molar-refractivity contribution in [2.75, 3.05) is 54.9 Å². The number of ether oxygens (including phenoxy) is 1. The van der Waals surface area contributed by atoms with E-state index in [2.05, 4.69) is 27.5 Å². The van der Waals surface area contributed by atoms with E-state index in [1.54, 1.807) is 0 Å². The zero-order valence-electron chi connectivity index (χ0n) is 21.3. The van der Waals surface area contributed by atoms with E-state index in [-0.39, 0.29) is 29.3 Å². The minimum absolute atomic E-state index is 0.0538. The molecule has 206 valence electrons. The second-order valence-electron chi connectivity index (χ2n) is 8.72. The molecule has 0 saturated carbocycles. The van der Waals surface area contributed by atoms with Gasteiger partial charge in [0.25, 0.3) is 0 Å². The number of benzene rings is 1. The lowest BCUT2D eigenvalue weighted by Gasteiger charge is -2.27. The van der Waals surface area contributed by atoms with Crippen molar-refractivity contribution >= 4 is 40.8 Å². The first-order valence-corrected chi connectivity index (χ1v) is 12.2. The third-order valence-corrected chi connectivity index (χ3v) is 5.94. The fourth-order valence-electron chi connectivity index (χ4n) is 3.84. The van der Waals surface area contributed by atoms with Crippen LogP contribution in [0.25, 0.3) is 0 Å². The largest absolute Gasteiger partial charge is 0.479 e. The Balaban J connectivity index is 1.56. The molecule has 0 atom stereocenters. The van der Waals surface area contributed by atoms with E-state index in [9.17, 15) is 14.4 Å². The topological polar surface area (TPSA) is 225 Å². The molecule has 1 aromatic heterocycles. The van der Waals surface area contributed by atoms with Gasteiger partial charge in [0.1, 0.15) is 23.9 Å². The fourth-order valence-corrected chi connectivity index (χ4v) is 3.84. The number of primary amides is 2. The molecule has 1 fully saturated rings. The number of carboxylic acid groups (broad SMARTS) is 1. The van der Waals surface area contributed by atoms with Crippen molar-refractivity contribution in [1.29, 1.82) is 0 Å². The smallest absolute Gasteiger partial charge is 0.407 e. The molecule has 39 heavy (non-hydrogen) atoms. The molecule has 1 aliphatic rings. The van der Waals surface area contributed by atoms with Crippen LogP contribution in [-0.2, 0) is 0 Å². The summed E-state index contributed by atoms with van der Waals surface area (Å²) in [6.45, 7) is 1.76. The number of anilines is 4. The number of nitrogen functional groups attached to an aromatic ring is 2. The van der Waals surface area contributed by atoms with Gasteiger partial charge in [0.05, 0.1) is 16.9 Å². The first-order valence-electron chi connectivity index (χ1n) is 12.2. The van der Waals surface area contributed by atoms with Crippen LogP contribution in [0.5, 0.6) is 5.75 Å². The summed E-state index contributed by atoms with van der Waals surface area (Å²) >= 11 is 0. The summed E-state index contributed by atoms with van der Waals surface area (Å²) in [5, 5.41) is 15.3. The zero-order chi connectivity index (χ0) is 28.4. The molecule has 1 aliphatic heterocycles. The summed E-state index contributed by atoms with van der Waals surface area (Å²) in [6, 6.07) is 4.42. The molecular formula is C26H32N8O5. The number of carbonyl (C=O) groups excluding carboxylic acids is 2. The average Bonchev–Trinajstić information content (AvgIpc) is 2.90. The minimum atomic E-state index is -0.916. The van der Waals surface area contributed by atoms with E-state index in [1.807, 2.05) is 12.2 Å². The quantitative estimate of drug-likeness (QED) is 0.131. The number of likely N-dealkylation sites (tertiary alicyclic amines) is 1. The molecular weight excluding hydrogens is 504 g/mol. The highest BCUT2D eigenvalue weighted by Gasteiger charge is 2.20. The molecule has 13 nitrogen and oxygen atoms in total. The van der Waals surface area contributed by atoms with Gasteiger partial charge in [0.15, 0.2) is 0 Å². The Labute approximate surface area is 225 Å². The Bertz CT molecular complexity index is 1310. The number of aromatic nitrogens is 1. The summed E-state index contributed by atoms with van der Waals surface area (Å²) in [4.78, 5) is 39.4. The van der Waals surface area contributed by atoms with Gasteiger partial charge in [-0.25, -0.2) is 9.78 Å². The normalized spacial score (nSPS) is 13.4. The van der Waals surface area contributed by atoms with Gasteiger partial charge in [-0.15, -0.1) is 0 Å². The second-order valence-corrected chi connectivity index (χ2v) is 8.72. The SMILES string of the molecule is NC(=O)c1cnc(NCC=CCNc2c(N)cc(C(N)=O)cc2OCC#CC2CCN(C(=O)O)CC2)c(N)c1. The molecule has 13 heteroatoms. The molecule has 2 aromatic rings. The first-order chi connectivity index (χ1) is 18.7. The molecule has 1 aromatic carbocycles. The van der Waals surface area contributed by atoms with Gasteiger partial charge < -0.3 is 48.3 Å². The molecule has 0 spiro atoms. The summed E-state index contributed by atoms with van der Waals surface area (Å²) < 4.78 is 5.81. The lowest BCUT2D eigenvalue weighted by Crippen LogP contribution is -2.37. The van der Waals surface area contributed by atoms with Gasteiger partial charge in [-0.1, -0.05) is 24.0 Å². The van der Waals surface area contributed by atoms with E-state index in [1.165, 1.54) is 29.3 Å². The second kappa shape index (κ2) is 13.4. The first kappa shape index (κ1) is 28.5. The van der Waals surface area contributed by atoms with Crippen LogP contribution in [0.4, 0.5) is 27.7 Å². The standard InChI is InChI=1S/C26H32N8O5/c27-19-12-17(23(29)35)14-21(39-11-3-4-16-5-9-34(10-6-16)26(37)38)22(19)31-7-1-2-8-32-25-20(28)13-18(15-33-25)24(30)36/h1-2,12-16,31H,5-11,27-28H2,(H2,29,35)(H2,30,36)(H,32,33)(H,37,38). The Morgan fingerprint density at radius 3 is 2.28 bits per heavy atom. The van der Waals surface area contributed by atoms with Crippen molar-refractivity contribution < 1.29 is 24.2 Å². The number of hydrogen-bond donors (Lipinski definition) is 7. The summed E-state index contributed by atoms with van der Waals surface area (Å²) in [5.41, 5.74) is 24.2. The summed E-state index contributed by atoms with van der Waals surface area (Å²) in [5.74, 6) is 5.69. The van der Waals surface area contributed by atoms with Crippen LogP contribution < -0.4 is 38.3 Å². The molecule has 2 heterocycles. The van der Waals surface area contributed by atoms with Gasteiger partial charge in [-0.2, -0.15) is 0 Å². The zero-order valence-corrected chi connectivity index (χ0v) is 21.3. The molecule has 3 amide bonds. The van der Waals surface area contributed by atoms with Crippen molar-refractivity contribution in [3.63, 3.8) is 0 Å². The van der Waals surface area contributed by atoms with Gasteiger partial charge in [0.2, 0.25) is 11.8 Å². The number of carbonyl (C=O) groups is 3. The molecule has 3 rings (SSSR count). The number of nitrogens with two attached hydrogens (primary N) is 4. The minimum Gasteiger partial charge on any atom is -0.479 e. The van der Waals surface area contributed by atoms with Gasteiger partial charge in [-0.05, 0) is 31.0 Å². The van der Waals surface area contributed by atoms with Crippen LogP contribution in [-0.4, -0.2) is 65.7 Å². The van der Waals surface area contributed by atoms with E-state index >= 15 is 0 Å². The number of amides is 3. The van der Waals surface area contributed by atoms with Gasteiger partial charge in [-0.3, -0.25) is 9.59 Å². The maximum Gasteiger partial charge on any atom is 0.407 e. The Hall–Kier alpha value is -5.12. The van der Waals surface area contributed by atoms with Crippen LogP contribution in [0.15, 0.2) is 36.5 Å². The Morgan fingerprint density at radius 1 is 1.03 bits per heavy atom. The lowest BCUT2D eigenvalue weighted by atomic mass is 9.98. The van der Waals surface area contributed by atoms with Crippen LogP contribution >= 0.6 is 0 Å². The number of nitrogens with one attached hydrogen (secondary N) is 2. The number of piperidine rings is 1. The summed E-state index contributed by atoms with van der Waals surface area (Å²) in [7, 11) is 0. The highest BCUT2D eigenvalue weighted by molar-refractivity contribution is 5.96. The average molecular weight is 537 g/mol. The highest BCUT2D eigenvalue weighted by atomic mass is 16.5. The van der Waals surface area contributed by atoms with Crippen LogP contribution in [0.2, 0.25) is 0 Å². The monoisotopic (exact) mass is 536 g/mol. The third-order valence-electron chi connectivity index (χ3n) is 5.94. The maximum absolute atomic E-state index is 11.7. The summed E-state index contributed by atoms with van der Waals surface area (Å²) in [6.07, 6.45) is 5.44. The molecule has 0 bridgehead atoms. The van der Waals surface area contributed by atoms with Crippen molar-refractivity contribution in [3.8, 4) is 17.6 Å². The van der Waals surface area contributed by atoms with Crippen molar-refractivity contribution in [2.24, 2.45) is 17.4 Å². The Kier molecular flexibility index (Phi) is 9.80. The molecule has 0 radical (unpaired) electrons. The van der Waals surface area contributed by atoms with E-state index in [0.29, 0.717) is 62.0 Å². The van der Waals surface area contributed by atoms with E-state index in [4.69, 9.17) is 32.8 Å². The van der Waals surface area contributed by atoms with E-state index in [0.717, 1.165) is 0 Å². The van der Waals surface area contributed by atoms with Crippen molar-refractivity contribution in [3.05, 3.63) is 47.7 Å². The fraction of sp³-hybridized carbons (Fsp3) is 0.308. The van der Waals surface area contributed by atoms with Crippen LogP contribution in [0, 0.1) is 17.8 Å². The number of rotatable bonds is 10. The number of nitrogens with zero attached hydrogens (tertiary/aromatic N) is 2. The third kappa shape index (κ3) is 8.19. The molecule has 0 unspecified atom stereocenters. The van der Waals surface area contributed by atoms with Gasteiger partial charge >= 0.3 is 6.09 Å². The molecule has 0 aliphatic carbocycles. The molecule has 1 saturated heterocycles. The van der Waals surface area contributed by atoms with Crippen LogP contribution in [0.1, 0.15) is 33.6 Å². The van der Waals surface area contributed by atoms with Gasteiger partial charge in [0, 0.05) is 43.9 Å². The number of pyridine rings is 1. The lowest BCUT2D eigenvalue weighted by molar-refractivity contribution is 0.0991. The Morgan fingerprint density at radius 2 is 1.67 bits per heavy atom. The predicted octanol–water partition coefficient (Wildman–Crippen LogP) is 1.30. The predicted molar refractivity (Wildman–Crippen MR) is 148 cm³/mol. The highest BCUT2D eigenvalue weighted by Crippen LogP contribution is 2.32. The van der Waals surface area contributed by atoms with Crippen LogP contribution in [0.3, 0.4) is 0 Å².